The van der Waals surface area contributed by atoms with Crippen LogP contribution in [0.4, 0.5) is 0 Å². The minimum Gasteiger partial charge on any atom is -0.468 e. The van der Waals surface area contributed by atoms with Gasteiger partial charge in [0.1, 0.15) is 11.7 Å². The summed E-state index contributed by atoms with van der Waals surface area (Å²) in [6, 6.07) is 15.0. The number of hydrogen-bond acceptors (Lipinski definition) is 4. The number of aromatic amines is 1. The van der Waals surface area contributed by atoms with E-state index in [0.29, 0.717) is 23.7 Å². The summed E-state index contributed by atoms with van der Waals surface area (Å²) < 4.78 is 4.97. The molecule has 4 rings (SSSR count). The molecule has 1 aliphatic heterocycles. The number of methoxy groups -OCH3 is 1. The summed E-state index contributed by atoms with van der Waals surface area (Å²) in [6.07, 6.45) is 0.517. The fourth-order valence-corrected chi connectivity index (χ4v) is 4.57. The number of hydrogen-bond donors (Lipinski definition) is 2. The lowest BCUT2D eigenvalue weighted by Gasteiger charge is -2.25. The minimum atomic E-state index is -0.356. The molecule has 2 heterocycles. The highest BCUT2D eigenvalue weighted by Crippen LogP contribution is 2.34. The Labute approximate surface area is 186 Å². The molecular weight excluding hydrogens is 414 g/mol. The zero-order valence-electron chi connectivity index (χ0n) is 17.8. The maximum absolute atomic E-state index is 13.4. The van der Waals surface area contributed by atoms with E-state index in [1.807, 2.05) is 56.3 Å². The molecule has 162 valence electrons. The second-order valence-electron chi connectivity index (χ2n) is 8.17. The van der Waals surface area contributed by atoms with Gasteiger partial charge in [0, 0.05) is 40.1 Å². The average Bonchev–Trinajstić information content (AvgIpc) is 3.35. The van der Waals surface area contributed by atoms with Gasteiger partial charge in [-0.2, -0.15) is 0 Å². The average molecular weight is 440 g/mol. The highest BCUT2D eigenvalue weighted by Gasteiger charge is 2.39. The molecule has 2 atom stereocenters. The quantitative estimate of drug-likeness (QED) is 0.583. The van der Waals surface area contributed by atoms with E-state index in [1.165, 1.54) is 7.11 Å². The lowest BCUT2D eigenvalue weighted by molar-refractivity contribution is -0.146. The number of amides is 1. The van der Waals surface area contributed by atoms with Crippen LogP contribution in [-0.2, 0) is 9.53 Å². The lowest BCUT2D eigenvalue weighted by Crippen LogP contribution is -2.42. The van der Waals surface area contributed by atoms with Crippen molar-refractivity contribution in [2.45, 2.75) is 38.4 Å². The Hall–Kier alpha value is -2.83. The van der Waals surface area contributed by atoms with Crippen LogP contribution in [0.25, 0.3) is 22.0 Å². The van der Waals surface area contributed by atoms with E-state index in [9.17, 15) is 9.59 Å². The van der Waals surface area contributed by atoms with Gasteiger partial charge >= 0.3 is 5.97 Å². The van der Waals surface area contributed by atoms with E-state index < -0.39 is 0 Å². The minimum absolute atomic E-state index is 0.155. The molecule has 3 aromatic rings. The Morgan fingerprint density at radius 1 is 1.19 bits per heavy atom. The van der Waals surface area contributed by atoms with E-state index >= 15 is 0 Å². The molecule has 1 amide bonds. The van der Waals surface area contributed by atoms with Gasteiger partial charge in [-0.25, -0.2) is 0 Å². The standard InChI is InChI=1S/C24H26ClN3O3/c1-14(2)28-13-17(12-20(28)24(30)31-3)26-23(29)22-21(15-7-5-4-6-8-15)18-11-16(25)9-10-19(18)27-22/h4-11,14,17,20,27H,12-13H2,1-3H3,(H,26,29)/t17-,20-/m0/s1. The van der Waals surface area contributed by atoms with Crippen molar-refractivity contribution in [2.75, 3.05) is 13.7 Å². The molecule has 0 radical (unpaired) electrons. The third-order valence-corrected chi connectivity index (χ3v) is 6.10. The van der Waals surface area contributed by atoms with E-state index in [0.717, 1.165) is 22.0 Å². The molecule has 0 aliphatic carbocycles. The molecule has 1 fully saturated rings. The van der Waals surface area contributed by atoms with Crippen molar-refractivity contribution < 1.29 is 14.3 Å². The van der Waals surface area contributed by atoms with Crippen molar-refractivity contribution in [1.29, 1.82) is 0 Å². The number of rotatable bonds is 5. The highest BCUT2D eigenvalue weighted by molar-refractivity contribution is 6.31. The lowest BCUT2D eigenvalue weighted by atomic mass is 10.0. The van der Waals surface area contributed by atoms with Crippen molar-refractivity contribution >= 4 is 34.4 Å². The van der Waals surface area contributed by atoms with Gasteiger partial charge in [0.05, 0.1) is 7.11 Å². The Morgan fingerprint density at radius 2 is 1.94 bits per heavy atom. The van der Waals surface area contributed by atoms with Gasteiger partial charge in [-0.1, -0.05) is 41.9 Å². The van der Waals surface area contributed by atoms with Crippen LogP contribution in [0.2, 0.25) is 5.02 Å². The number of likely N-dealkylation sites (tertiary alicyclic amines) is 1. The first kappa shape index (κ1) is 21.4. The van der Waals surface area contributed by atoms with E-state index in [2.05, 4.69) is 15.2 Å². The largest absolute Gasteiger partial charge is 0.468 e. The topological polar surface area (TPSA) is 74.4 Å². The number of benzene rings is 2. The van der Waals surface area contributed by atoms with Gasteiger partial charge in [0.2, 0.25) is 0 Å². The van der Waals surface area contributed by atoms with Crippen LogP contribution < -0.4 is 5.32 Å². The number of nitrogens with one attached hydrogen (secondary N) is 2. The molecule has 6 nitrogen and oxygen atoms in total. The first-order valence-corrected chi connectivity index (χ1v) is 10.8. The normalized spacial score (nSPS) is 19.1. The van der Waals surface area contributed by atoms with Crippen molar-refractivity contribution in [3.8, 4) is 11.1 Å². The van der Waals surface area contributed by atoms with Gasteiger partial charge in [-0.05, 0) is 44.0 Å². The maximum Gasteiger partial charge on any atom is 0.323 e. The van der Waals surface area contributed by atoms with E-state index in [4.69, 9.17) is 16.3 Å². The zero-order chi connectivity index (χ0) is 22.1. The summed E-state index contributed by atoms with van der Waals surface area (Å²) in [7, 11) is 1.40. The number of esters is 1. The van der Waals surface area contributed by atoms with Gasteiger partial charge in [0.15, 0.2) is 0 Å². The third-order valence-electron chi connectivity index (χ3n) is 5.86. The molecule has 0 bridgehead atoms. The summed E-state index contributed by atoms with van der Waals surface area (Å²) in [5.41, 5.74) is 3.08. The van der Waals surface area contributed by atoms with Gasteiger partial charge in [-0.15, -0.1) is 0 Å². The number of aromatic nitrogens is 1. The maximum atomic E-state index is 13.4. The Kier molecular flexibility index (Phi) is 6.03. The Bertz CT molecular complexity index is 1110. The van der Waals surface area contributed by atoms with Crippen molar-refractivity contribution in [1.82, 2.24) is 15.2 Å². The molecule has 2 aromatic carbocycles. The molecule has 2 N–H and O–H groups in total. The predicted molar refractivity (Wildman–Crippen MR) is 122 cm³/mol. The zero-order valence-corrected chi connectivity index (χ0v) is 18.6. The highest BCUT2D eigenvalue weighted by atomic mass is 35.5. The number of halogens is 1. The number of carbonyl (C=O) groups excluding carboxylic acids is 2. The monoisotopic (exact) mass is 439 g/mol. The smallest absolute Gasteiger partial charge is 0.323 e. The number of fused-ring (bicyclic) bond motifs is 1. The molecule has 0 unspecified atom stereocenters. The Morgan fingerprint density at radius 3 is 2.61 bits per heavy atom. The molecule has 1 aromatic heterocycles. The van der Waals surface area contributed by atoms with Crippen molar-refractivity contribution in [3.63, 3.8) is 0 Å². The Balaban J connectivity index is 1.66. The predicted octanol–water partition coefficient (Wildman–Crippen LogP) is 4.24. The van der Waals surface area contributed by atoms with Crippen molar-refractivity contribution in [3.05, 3.63) is 59.2 Å². The third kappa shape index (κ3) is 4.18. The number of carbonyl (C=O) groups is 2. The van der Waals surface area contributed by atoms with Gasteiger partial charge in [0.25, 0.3) is 5.91 Å². The molecule has 0 spiro atoms. The summed E-state index contributed by atoms with van der Waals surface area (Å²) in [4.78, 5) is 30.9. The van der Waals surface area contributed by atoms with Crippen LogP contribution in [0.15, 0.2) is 48.5 Å². The summed E-state index contributed by atoms with van der Waals surface area (Å²) >= 11 is 6.25. The van der Waals surface area contributed by atoms with Gasteiger partial charge in [-0.3, -0.25) is 14.5 Å². The SMILES string of the molecule is COC(=O)[C@@H]1C[C@H](NC(=O)c2[nH]c3ccc(Cl)cc3c2-c2ccccc2)CN1C(C)C. The van der Waals surface area contributed by atoms with Crippen LogP contribution in [-0.4, -0.2) is 53.5 Å². The molecule has 31 heavy (non-hydrogen) atoms. The first-order chi connectivity index (χ1) is 14.9. The number of H-pyrrole nitrogens is 1. The van der Waals surface area contributed by atoms with Crippen molar-refractivity contribution in [2.24, 2.45) is 0 Å². The summed E-state index contributed by atoms with van der Waals surface area (Å²) in [5.74, 6) is -0.471. The number of nitrogens with zero attached hydrogens (tertiary/aromatic N) is 1. The summed E-state index contributed by atoms with van der Waals surface area (Å²) in [5, 5.41) is 4.63. The van der Waals surface area contributed by atoms with Crippen LogP contribution >= 0.6 is 11.6 Å². The van der Waals surface area contributed by atoms with Crippen LogP contribution in [0.3, 0.4) is 0 Å². The van der Waals surface area contributed by atoms with Crippen LogP contribution in [0, 0.1) is 0 Å². The second-order valence-corrected chi connectivity index (χ2v) is 8.60. The van der Waals surface area contributed by atoms with Crippen LogP contribution in [0.5, 0.6) is 0 Å². The molecule has 7 heteroatoms. The molecule has 0 saturated carbocycles. The molecule has 1 saturated heterocycles. The molecular formula is C24H26ClN3O3. The summed E-state index contributed by atoms with van der Waals surface area (Å²) in [6.45, 7) is 4.67. The second kappa shape index (κ2) is 8.73. The van der Waals surface area contributed by atoms with Gasteiger partial charge < -0.3 is 15.0 Å². The van der Waals surface area contributed by atoms with E-state index in [-0.39, 0.29) is 30.0 Å². The number of ether oxygens (including phenoxy) is 1. The molecule has 1 aliphatic rings. The first-order valence-electron chi connectivity index (χ1n) is 10.4. The fraction of sp³-hybridized carbons (Fsp3) is 0.333. The van der Waals surface area contributed by atoms with Crippen LogP contribution in [0.1, 0.15) is 30.8 Å². The van der Waals surface area contributed by atoms with E-state index in [1.54, 1.807) is 6.07 Å². The fourth-order valence-electron chi connectivity index (χ4n) is 4.40.